The van der Waals surface area contributed by atoms with Gasteiger partial charge in [0.05, 0.1) is 6.54 Å². The lowest BCUT2D eigenvalue weighted by Gasteiger charge is -2.30. The summed E-state index contributed by atoms with van der Waals surface area (Å²) in [5.41, 5.74) is 5.82. The van der Waals surface area contributed by atoms with E-state index in [9.17, 15) is 4.79 Å². The van der Waals surface area contributed by atoms with Crippen molar-refractivity contribution < 1.29 is 4.79 Å². The average Bonchev–Trinajstić information content (AvgIpc) is 2.83. The van der Waals surface area contributed by atoms with Crippen molar-refractivity contribution in [2.24, 2.45) is 17.1 Å². The van der Waals surface area contributed by atoms with Gasteiger partial charge in [-0.05, 0) is 30.7 Å². The molecule has 6 heteroatoms. The van der Waals surface area contributed by atoms with Gasteiger partial charge in [-0.3, -0.25) is 9.89 Å². The normalized spacial score (nSPS) is 13.3. The van der Waals surface area contributed by atoms with Gasteiger partial charge in [0.15, 0.2) is 0 Å². The van der Waals surface area contributed by atoms with Crippen LogP contribution in [-0.4, -0.2) is 27.6 Å². The molecule has 4 N–H and O–H groups in total. The number of carbonyl (C=O) groups is 1. The number of nitrogens with two attached hydrogens (primary N) is 1. The number of rotatable bonds is 7. The van der Waals surface area contributed by atoms with Crippen LogP contribution in [0.1, 0.15) is 45.9 Å². The van der Waals surface area contributed by atoms with Crippen molar-refractivity contribution >= 4 is 5.91 Å². The number of nitrogens with zero attached hydrogens (tertiary/aromatic N) is 2. The van der Waals surface area contributed by atoms with Crippen LogP contribution in [0.2, 0.25) is 0 Å². The largest absolute Gasteiger partial charge is 0.349 e. The van der Waals surface area contributed by atoms with E-state index >= 15 is 0 Å². The number of hydrogen-bond donors (Lipinski definition) is 3. The van der Waals surface area contributed by atoms with Crippen LogP contribution in [0.3, 0.4) is 0 Å². The topological polar surface area (TPSA) is 96.7 Å². The Morgan fingerprint density at radius 1 is 1.47 bits per heavy atom. The molecule has 0 aliphatic rings. The van der Waals surface area contributed by atoms with E-state index in [1.807, 2.05) is 0 Å². The van der Waals surface area contributed by atoms with Crippen LogP contribution in [0.25, 0.3) is 0 Å². The zero-order valence-corrected chi connectivity index (χ0v) is 12.1. The SMILES string of the molecule is CC(C)(C)C(CCN)CCC(=O)NCc1ncn[nH]1. The molecule has 1 aromatic heterocycles. The molecule has 0 saturated heterocycles. The predicted molar refractivity (Wildman–Crippen MR) is 74.1 cm³/mol. The molecule has 1 unspecified atom stereocenters. The molecule has 1 amide bonds. The first kappa shape index (κ1) is 15.6. The minimum Gasteiger partial charge on any atom is -0.349 e. The molecule has 0 spiro atoms. The molecule has 1 heterocycles. The number of aromatic amines is 1. The lowest BCUT2D eigenvalue weighted by Crippen LogP contribution is -2.28. The third kappa shape index (κ3) is 5.83. The van der Waals surface area contributed by atoms with E-state index in [0.717, 1.165) is 12.8 Å². The molecule has 0 aromatic carbocycles. The zero-order valence-electron chi connectivity index (χ0n) is 12.1. The average molecular weight is 267 g/mol. The number of H-pyrrole nitrogens is 1. The van der Waals surface area contributed by atoms with E-state index in [-0.39, 0.29) is 11.3 Å². The van der Waals surface area contributed by atoms with Gasteiger partial charge in [-0.2, -0.15) is 5.10 Å². The number of hydrogen-bond acceptors (Lipinski definition) is 4. The van der Waals surface area contributed by atoms with Crippen LogP contribution >= 0.6 is 0 Å². The molecule has 0 saturated carbocycles. The van der Waals surface area contributed by atoms with E-state index in [0.29, 0.717) is 31.3 Å². The van der Waals surface area contributed by atoms with E-state index in [1.165, 1.54) is 6.33 Å². The summed E-state index contributed by atoms with van der Waals surface area (Å²) in [5.74, 6) is 1.18. The van der Waals surface area contributed by atoms with Gasteiger partial charge in [-0.15, -0.1) is 0 Å². The Labute approximate surface area is 114 Å². The van der Waals surface area contributed by atoms with Crippen molar-refractivity contribution in [3.63, 3.8) is 0 Å². The predicted octanol–water partition coefficient (Wildman–Crippen LogP) is 1.21. The minimum atomic E-state index is 0.0441. The number of aromatic nitrogens is 3. The third-order valence-electron chi connectivity index (χ3n) is 3.38. The molecule has 0 bridgehead atoms. The van der Waals surface area contributed by atoms with Crippen LogP contribution in [-0.2, 0) is 11.3 Å². The van der Waals surface area contributed by atoms with Gasteiger partial charge in [0.1, 0.15) is 12.2 Å². The molecule has 0 aliphatic carbocycles. The van der Waals surface area contributed by atoms with E-state index in [1.54, 1.807) is 0 Å². The maximum Gasteiger partial charge on any atom is 0.220 e. The zero-order chi connectivity index (χ0) is 14.3. The van der Waals surface area contributed by atoms with Crippen LogP contribution < -0.4 is 11.1 Å². The first-order valence-electron chi connectivity index (χ1n) is 6.74. The molecule has 0 aliphatic heterocycles. The second kappa shape index (κ2) is 7.23. The highest BCUT2D eigenvalue weighted by Gasteiger charge is 2.24. The molecule has 6 nitrogen and oxygen atoms in total. The summed E-state index contributed by atoms with van der Waals surface area (Å²) < 4.78 is 0. The molecule has 108 valence electrons. The van der Waals surface area contributed by atoms with Crippen LogP contribution in [0.4, 0.5) is 0 Å². The maximum atomic E-state index is 11.8. The Kier molecular flexibility index (Phi) is 5.95. The quantitative estimate of drug-likeness (QED) is 0.692. The van der Waals surface area contributed by atoms with Gasteiger partial charge in [0.25, 0.3) is 0 Å². The monoisotopic (exact) mass is 267 g/mol. The molecule has 1 atom stereocenters. The lowest BCUT2D eigenvalue weighted by atomic mass is 9.76. The van der Waals surface area contributed by atoms with Crippen LogP contribution in [0, 0.1) is 11.3 Å². The Morgan fingerprint density at radius 2 is 2.21 bits per heavy atom. The molecule has 1 aromatic rings. The van der Waals surface area contributed by atoms with Crippen molar-refractivity contribution in [1.29, 1.82) is 0 Å². The number of carbonyl (C=O) groups excluding carboxylic acids is 1. The summed E-state index contributed by atoms with van der Waals surface area (Å²) in [6.45, 7) is 7.65. The maximum absolute atomic E-state index is 11.8. The fraction of sp³-hybridized carbons (Fsp3) is 0.769. The number of nitrogens with one attached hydrogen (secondary N) is 2. The van der Waals surface area contributed by atoms with Crippen molar-refractivity contribution in [3.8, 4) is 0 Å². The summed E-state index contributed by atoms with van der Waals surface area (Å²) in [6.07, 6.45) is 3.77. The van der Waals surface area contributed by atoms with E-state index < -0.39 is 0 Å². The van der Waals surface area contributed by atoms with Gasteiger partial charge in [-0.25, -0.2) is 4.98 Å². The van der Waals surface area contributed by atoms with Gasteiger partial charge < -0.3 is 11.1 Å². The fourth-order valence-electron chi connectivity index (χ4n) is 2.10. The first-order valence-corrected chi connectivity index (χ1v) is 6.74. The molecule has 0 fully saturated rings. The second-order valence-electron chi connectivity index (χ2n) is 5.89. The summed E-state index contributed by atoms with van der Waals surface area (Å²) in [5, 5.41) is 9.27. The van der Waals surface area contributed by atoms with Crippen molar-refractivity contribution in [3.05, 3.63) is 12.2 Å². The van der Waals surface area contributed by atoms with Crippen molar-refractivity contribution in [1.82, 2.24) is 20.5 Å². The van der Waals surface area contributed by atoms with Crippen molar-refractivity contribution in [2.45, 2.75) is 46.6 Å². The molecule has 19 heavy (non-hydrogen) atoms. The van der Waals surface area contributed by atoms with E-state index in [2.05, 4.69) is 41.3 Å². The van der Waals surface area contributed by atoms with Gasteiger partial charge in [0, 0.05) is 6.42 Å². The highest BCUT2D eigenvalue weighted by molar-refractivity contribution is 5.75. The van der Waals surface area contributed by atoms with Crippen LogP contribution in [0.5, 0.6) is 0 Å². The summed E-state index contributed by atoms with van der Waals surface area (Å²) in [7, 11) is 0. The second-order valence-corrected chi connectivity index (χ2v) is 5.89. The fourth-order valence-corrected chi connectivity index (χ4v) is 2.10. The summed E-state index contributed by atoms with van der Waals surface area (Å²) >= 11 is 0. The highest BCUT2D eigenvalue weighted by atomic mass is 16.1. The van der Waals surface area contributed by atoms with Crippen molar-refractivity contribution in [2.75, 3.05) is 6.54 Å². The third-order valence-corrected chi connectivity index (χ3v) is 3.38. The number of amides is 1. The Bertz CT molecular complexity index is 369. The lowest BCUT2D eigenvalue weighted by molar-refractivity contribution is -0.121. The molecular formula is C13H25N5O. The van der Waals surface area contributed by atoms with Gasteiger partial charge in [0.2, 0.25) is 5.91 Å². The van der Waals surface area contributed by atoms with Gasteiger partial charge >= 0.3 is 0 Å². The van der Waals surface area contributed by atoms with E-state index in [4.69, 9.17) is 5.73 Å². The molecule has 0 radical (unpaired) electrons. The summed E-state index contributed by atoms with van der Waals surface area (Å²) in [6, 6.07) is 0. The molecular weight excluding hydrogens is 242 g/mol. The standard InChI is InChI=1S/C13H25N5O/c1-13(2,3)10(6-7-14)4-5-12(19)15-8-11-16-9-17-18-11/h9-10H,4-8,14H2,1-3H3,(H,15,19)(H,16,17,18). The summed E-state index contributed by atoms with van der Waals surface area (Å²) in [4.78, 5) is 15.7. The smallest absolute Gasteiger partial charge is 0.220 e. The Hall–Kier alpha value is -1.43. The Balaban J connectivity index is 2.31. The molecule has 1 rings (SSSR count). The van der Waals surface area contributed by atoms with Crippen LogP contribution in [0.15, 0.2) is 6.33 Å². The van der Waals surface area contributed by atoms with Gasteiger partial charge in [-0.1, -0.05) is 20.8 Å². The minimum absolute atomic E-state index is 0.0441. The Morgan fingerprint density at radius 3 is 2.74 bits per heavy atom. The first-order chi connectivity index (χ1) is 8.93. The highest BCUT2D eigenvalue weighted by Crippen LogP contribution is 2.31.